The van der Waals surface area contributed by atoms with E-state index in [2.05, 4.69) is 36.5 Å². The van der Waals surface area contributed by atoms with Crippen LogP contribution in [-0.2, 0) is 0 Å². The molecule has 112 valence electrons. The van der Waals surface area contributed by atoms with Crippen molar-refractivity contribution >= 4 is 0 Å². The van der Waals surface area contributed by atoms with Crippen LogP contribution < -0.4 is 14.8 Å². The molecule has 2 aliphatic carbocycles. The third-order valence-corrected chi connectivity index (χ3v) is 5.17. The van der Waals surface area contributed by atoms with Crippen molar-refractivity contribution in [2.24, 2.45) is 17.8 Å². The molecule has 4 atom stereocenters. The maximum absolute atomic E-state index is 5.67. The topological polar surface area (TPSA) is 30.5 Å². The van der Waals surface area contributed by atoms with Crippen LogP contribution in [0.25, 0.3) is 0 Å². The fraction of sp³-hybridized carbons (Fsp3) is 0.556. The van der Waals surface area contributed by atoms with Gasteiger partial charge in [-0.15, -0.1) is 0 Å². The zero-order chi connectivity index (χ0) is 14.2. The Balaban J connectivity index is 1.38. The molecule has 1 aromatic carbocycles. The summed E-state index contributed by atoms with van der Waals surface area (Å²) >= 11 is 0. The fourth-order valence-corrected chi connectivity index (χ4v) is 3.90. The summed E-state index contributed by atoms with van der Waals surface area (Å²) in [6, 6.07) is 6.64. The molecule has 3 nitrogen and oxygen atoms in total. The first-order valence-electron chi connectivity index (χ1n) is 8.11. The van der Waals surface area contributed by atoms with E-state index in [4.69, 9.17) is 9.47 Å². The summed E-state index contributed by atoms with van der Waals surface area (Å²) in [5.41, 5.74) is 1.28. The molecule has 1 aromatic rings. The van der Waals surface area contributed by atoms with Gasteiger partial charge in [0.15, 0.2) is 11.5 Å². The van der Waals surface area contributed by atoms with Gasteiger partial charge in [-0.1, -0.05) is 18.2 Å². The SMILES string of the molecule is CC(NCC1CC2C=CC1C2)c1ccc2c(c1)OCCO2. The number of benzene rings is 1. The lowest BCUT2D eigenvalue weighted by Crippen LogP contribution is -2.28. The highest BCUT2D eigenvalue weighted by molar-refractivity contribution is 5.44. The molecular weight excluding hydrogens is 262 g/mol. The molecular formula is C18H23NO2. The van der Waals surface area contributed by atoms with Crippen LogP contribution in [0, 0.1) is 17.8 Å². The van der Waals surface area contributed by atoms with E-state index >= 15 is 0 Å². The molecule has 1 heterocycles. The van der Waals surface area contributed by atoms with E-state index < -0.39 is 0 Å². The van der Waals surface area contributed by atoms with Crippen LogP contribution in [0.3, 0.4) is 0 Å². The number of nitrogens with one attached hydrogen (secondary N) is 1. The molecule has 1 fully saturated rings. The van der Waals surface area contributed by atoms with Crippen LogP contribution in [0.1, 0.15) is 31.4 Å². The maximum atomic E-state index is 5.67. The van der Waals surface area contributed by atoms with Gasteiger partial charge in [-0.05, 0) is 61.8 Å². The fourth-order valence-electron chi connectivity index (χ4n) is 3.90. The largest absolute Gasteiger partial charge is 0.486 e. The first-order chi connectivity index (χ1) is 10.3. The minimum Gasteiger partial charge on any atom is -0.486 e. The van der Waals surface area contributed by atoms with Gasteiger partial charge < -0.3 is 14.8 Å². The molecule has 0 saturated heterocycles. The van der Waals surface area contributed by atoms with Crippen molar-refractivity contribution in [2.75, 3.05) is 19.8 Å². The molecule has 0 aromatic heterocycles. The lowest BCUT2D eigenvalue weighted by atomic mass is 9.93. The first kappa shape index (κ1) is 13.2. The summed E-state index contributed by atoms with van der Waals surface area (Å²) in [4.78, 5) is 0. The molecule has 1 aliphatic heterocycles. The number of fused-ring (bicyclic) bond motifs is 3. The summed E-state index contributed by atoms with van der Waals surface area (Å²) in [5.74, 6) is 4.24. The van der Waals surface area contributed by atoms with Crippen molar-refractivity contribution in [1.29, 1.82) is 0 Å². The number of rotatable bonds is 4. The lowest BCUT2D eigenvalue weighted by Gasteiger charge is -2.24. The highest BCUT2D eigenvalue weighted by atomic mass is 16.6. The molecule has 3 aliphatic rings. The molecule has 0 spiro atoms. The van der Waals surface area contributed by atoms with Gasteiger partial charge in [0.05, 0.1) is 0 Å². The smallest absolute Gasteiger partial charge is 0.161 e. The summed E-state index contributed by atoms with van der Waals surface area (Å²) in [6.07, 6.45) is 7.58. The van der Waals surface area contributed by atoms with E-state index in [-0.39, 0.29) is 0 Å². The minimum atomic E-state index is 0.351. The predicted molar refractivity (Wildman–Crippen MR) is 82.7 cm³/mol. The molecule has 4 unspecified atom stereocenters. The van der Waals surface area contributed by atoms with Gasteiger partial charge in [-0.25, -0.2) is 0 Å². The minimum absolute atomic E-state index is 0.351. The summed E-state index contributed by atoms with van der Waals surface area (Å²) in [7, 11) is 0. The van der Waals surface area contributed by atoms with Crippen molar-refractivity contribution in [3.8, 4) is 11.5 Å². The van der Waals surface area contributed by atoms with Gasteiger partial charge in [0.2, 0.25) is 0 Å². The molecule has 21 heavy (non-hydrogen) atoms. The highest BCUT2D eigenvalue weighted by Crippen LogP contribution is 2.43. The van der Waals surface area contributed by atoms with Crippen LogP contribution in [0.4, 0.5) is 0 Å². The molecule has 3 heteroatoms. The molecule has 1 N–H and O–H groups in total. The Hall–Kier alpha value is -1.48. The molecule has 0 radical (unpaired) electrons. The van der Waals surface area contributed by atoms with Crippen molar-refractivity contribution in [2.45, 2.75) is 25.8 Å². The van der Waals surface area contributed by atoms with E-state index in [9.17, 15) is 0 Å². The first-order valence-corrected chi connectivity index (χ1v) is 8.11. The Morgan fingerprint density at radius 2 is 2.00 bits per heavy atom. The lowest BCUT2D eigenvalue weighted by molar-refractivity contribution is 0.171. The van der Waals surface area contributed by atoms with Crippen molar-refractivity contribution in [3.05, 3.63) is 35.9 Å². The maximum Gasteiger partial charge on any atom is 0.161 e. The second-order valence-electron chi connectivity index (χ2n) is 6.57. The number of hydrogen-bond donors (Lipinski definition) is 1. The van der Waals surface area contributed by atoms with Gasteiger partial charge in [0, 0.05) is 6.04 Å². The quantitative estimate of drug-likeness (QED) is 0.861. The number of ether oxygens (including phenoxy) is 2. The van der Waals surface area contributed by atoms with Gasteiger partial charge in [-0.2, -0.15) is 0 Å². The van der Waals surface area contributed by atoms with Gasteiger partial charge >= 0.3 is 0 Å². The summed E-state index contributed by atoms with van der Waals surface area (Å²) in [5, 5.41) is 3.70. The molecule has 1 saturated carbocycles. The van der Waals surface area contributed by atoms with Crippen molar-refractivity contribution in [3.63, 3.8) is 0 Å². The molecule has 0 amide bonds. The van der Waals surface area contributed by atoms with Gasteiger partial charge in [0.1, 0.15) is 13.2 Å². The average molecular weight is 285 g/mol. The Labute approximate surface area is 126 Å². The van der Waals surface area contributed by atoms with Gasteiger partial charge in [0.25, 0.3) is 0 Å². The van der Waals surface area contributed by atoms with Gasteiger partial charge in [-0.3, -0.25) is 0 Å². The Morgan fingerprint density at radius 1 is 1.14 bits per heavy atom. The summed E-state index contributed by atoms with van der Waals surface area (Å²) in [6.45, 7) is 4.64. The monoisotopic (exact) mass is 285 g/mol. The third-order valence-electron chi connectivity index (χ3n) is 5.17. The Kier molecular flexibility index (Phi) is 3.38. The van der Waals surface area contributed by atoms with Crippen LogP contribution >= 0.6 is 0 Å². The molecule has 4 rings (SSSR count). The van der Waals surface area contributed by atoms with Crippen LogP contribution in [0.5, 0.6) is 11.5 Å². The Bertz CT molecular complexity index is 554. The normalized spacial score (nSPS) is 30.6. The number of hydrogen-bond acceptors (Lipinski definition) is 3. The average Bonchev–Trinajstić information content (AvgIpc) is 3.15. The Morgan fingerprint density at radius 3 is 2.76 bits per heavy atom. The van der Waals surface area contributed by atoms with Crippen LogP contribution in [0.2, 0.25) is 0 Å². The van der Waals surface area contributed by atoms with E-state index in [1.54, 1.807) is 0 Å². The van der Waals surface area contributed by atoms with Crippen molar-refractivity contribution in [1.82, 2.24) is 5.32 Å². The standard InChI is InChI=1S/C18H23NO2/c1-12(19-11-16-9-13-2-3-15(16)8-13)14-4-5-17-18(10-14)21-7-6-20-17/h2-5,10,12-13,15-16,19H,6-9,11H2,1H3. The van der Waals surface area contributed by atoms with Crippen molar-refractivity contribution < 1.29 is 9.47 Å². The van der Waals surface area contributed by atoms with E-state index in [1.807, 2.05) is 6.07 Å². The predicted octanol–water partition coefficient (Wildman–Crippen LogP) is 3.32. The van der Waals surface area contributed by atoms with E-state index in [0.717, 1.165) is 35.8 Å². The second kappa shape index (κ2) is 5.38. The third kappa shape index (κ3) is 2.55. The van der Waals surface area contributed by atoms with E-state index in [0.29, 0.717) is 19.3 Å². The molecule has 2 bridgehead atoms. The summed E-state index contributed by atoms with van der Waals surface area (Å²) < 4.78 is 11.3. The van der Waals surface area contributed by atoms with E-state index in [1.165, 1.54) is 18.4 Å². The van der Waals surface area contributed by atoms with Crippen LogP contribution in [-0.4, -0.2) is 19.8 Å². The highest BCUT2D eigenvalue weighted by Gasteiger charge is 2.35. The zero-order valence-corrected chi connectivity index (χ0v) is 12.5. The second-order valence-corrected chi connectivity index (χ2v) is 6.57. The zero-order valence-electron chi connectivity index (χ0n) is 12.5. The number of allylic oxidation sites excluding steroid dienone is 2. The van der Waals surface area contributed by atoms with Crippen LogP contribution in [0.15, 0.2) is 30.4 Å².